The molecule has 2 aliphatic rings. The van der Waals surface area contributed by atoms with E-state index in [2.05, 4.69) is 20.1 Å². The van der Waals surface area contributed by atoms with Crippen molar-refractivity contribution in [3.63, 3.8) is 0 Å². The number of hydrogen-bond donors (Lipinski definition) is 0. The standard InChI is InChI=1S/C23H25N3O2S/c1-4-17-18(5-2)29-19(6-3)20-21(23(27)25-12-14-28-15-13-25)24-26(22(17)20)16-10-8-7-9-11-16/h4-5,7-11,19H,1-2,6,12-15H2,3H3. The first-order valence-electron chi connectivity index (χ1n) is 9.91. The summed E-state index contributed by atoms with van der Waals surface area (Å²) >= 11 is 1.74. The van der Waals surface area contributed by atoms with Crippen molar-refractivity contribution in [3.8, 4) is 5.69 Å². The SMILES string of the molecule is C=CC1=C(C=C)c2c(c(C(=O)N3CCOCC3)nn2-c2ccccc2)C(CC)S1. The van der Waals surface area contributed by atoms with Crippen LogP contribution in [0.4, 0.5) is 0 Å². The smallest absolute Gasteiger partial charge is 0.274 e. The number of morpholine rings is 1. The van der Waals surface area contributed by atoms with E-state index in [-0.39, 0.29) is 11.2 Å². The van der Waals surface area contributed by atoms with Crippen LogP contribution in [0.1, 0.15) is 40.3 Å². The molecule has 0 N–H and O–H groups in total. The van der Waals surface area contributed by atoms with Gasteiger partial charge in [-0.2, -0.15) is 5.10 Å². The number of amides is 1. The number of benzene rings is 1. The molecule has 1 unspecified atom stereocenters. The van der Waals surface area contributed by atoms with Crippen LogP contribution in [0, 0.1) is 0 Å². The van der Waals surface area contributed by atoms with E-state index in [1.807, 2.05) is 52.1 Å². The largest absolute Gasteiger partial charge is 0.378 e. The minimum Gasteiger partial charge on any atom is -0.378 e. The van der Waals surface area contributed by atoms with Crippen LogP contribution in [0.5, 0.6) is 0 Å². The second-order valence-corrected chi connectivity index (χ2v) is 8.21. The highest BCUT2D eigenvalue weighted by Crippen LogP contribution is 2.50. The number of aromatic nitrogens is 2. The minimum atomic E-state index is -0.0243. The zero-order valence-electron chi connectivity index (χ0n) is 16.6. The van der Waals surface area contributed by atoms with E-state index < -0.39 is 0 Å². The molecule has 0 spiro atoms. The van der Waals surface area contributed by atoms with Gasteiger partial charge in [0.05, 0.1) is 24.6 Å². The van der Waals surface area contributed by atoms with Gasteiger partial charge in [0.1, 0.15) is 0 Å². The summed E-state index contributed by atoms with van der Waals surface area (Å²) in [4.78, 5) is 16.4. The lowest BCUT2D eigenvalue weighted by Crippen LogP contribution is -2.41. The number of carbonyl (C=O) groups is 1. The Balaban J connectivity index is 1.95. The first-order chi connectivity index (χ1) is 14.2. The molecule has 1 saturated heterocycles. The van der Waals surface area contributed by atoms with Gasteiger partial charge in [0.25, 0.3) is 5.91 Å². The summed E-state index contributed by atoms with van der Waals surface area (Å²) in [7, 11) is 0. The second kappa shape index (κ2) is 8.43. The average Bonchev–Trinajstić information content (AvgIpc) is 3.19. The highest BCUT2D eigenvalue weighted by molar-refractivity contribution is 8.03. The molecule has 29 heavy (non-hydrogen) atoms. The maximum Gasteiger partial charge on any atom is 0.274 e. The van der Waals surface area contributed by atoms with E-state index in [0.717, 1.165) is 33.8 Å². The van der Waals surface area contributed by atoms with E-state index in [0.29, 0.717) is 32.0 Å². The fourth-order valence-electron chi connectivity index (χ4n) is 3.86. The Kier molecular flexibility index (Phi) is 5.74. The molecule has 1 amide bonds. The van der Waals surface area contributed by atoms with Gasteiger partial charge in [-0.05, 0) is 18.6 Å². The predicted molar refractivity (Wildman–Crippen MR) is 118 cm³/mol. The van der Waals surface area contributed by atoms with Crippen LogP contribution in [0.2, 0.25) is 0 Å². The highest BCUT2D eigenvalue weighted by atomic mass is 32.2. The number of carbonyl (C=O) groups excluding carboxylic acids is 1. The molecule has 150 valence electrons. The fourth-order valence-corrected chi connectivity index (χ4v) is 5.08. The van der Waals surface area contributed by atoms with Crippen LogP contribution >= 0.6 is 11.8 Å². The number of nitrogens with zero attached hydrogens (tertiary/aromatic N) is 3. The molecule has 1 atom stereocenters. The molecule has 3 heterocycles. The van der Waals surface area contributed by atoms with Crippen molar-refractivity contribution in [2.75, 3.05) is 26.3 Å². The van der Waals surface area contributed by atoms with Gasteiger partial charge in [0, 0.05) is 34.4 Å². The number of rotatable bonds is 5. The molecule has 5 nitrogen and oxygen atoms in total. The van der Waals surface area contributed by atoms with Crippen molar-refractivity contribution >= 4 is 23.2 Å². The third-order valence-electron chi connectivity index (χ3n) is 5.30. The number of thioether (sulfide) groups is 1. The summed E-state index contributed by atoms with van der Waals surface area (Å²) in [5, 5.41) is 5.00. The summed E-state index contributed by atoms with van der Waals surface area (Å²) in [6, 6.07) is 9.95. The Morgan fingerprint density at radius 3 is 2.59 bits per heavy atom. The number of allylic oxidation sites excluding steroid dienone is 3. The third-order valence-corrected chi connectivity index (χ3v) is 6.79. The highest BCUT2D eigenvalue weighted by Gasteiger charge is 2.36. The van der Waals surface area contributed by atoms with Crippen molar-refractivity contribution in [3.05, 3.63) is 77.5 Å². The molecule has 6 heteroatoms. The number of para-hydroxylation sites is 1. The molecule has 1 aromatic carbocycles. The second-order valence-electron chi connectivity index (χ2n) is 6.96. The van der Waals surface area contributed by atoms with Crippen LogP contribution < -0.4 is 0 Å². The summed E-state index contributed by atoms with van der Waals surface area (Å²) in [6.45, 7) is 12.5. The topological polar surface area (TPSA) is 47.4 Å². The molecule has 0 saturated carbocycles. The lowest BCUT2D eigenvalue weighted by molar-refractivity contribution is 0.0298. The third kappa shape index (κ3) is 3.47. The van der Waals surface area contributed by atoms with E-state index in [9.17, 15) is 4.79 Å². The lowest BCUT2D eigenvalue weighted by Gasteiger charge is -2.28. The molecule has 0 aliphatic carbocycles. The molecule has 2 aromatic rings. The van der Waals surface area contributed by atoms with E-state index in [1.165, 1.54) is 0 Å². The fraction of sp³-hybridized carbons (Fsp3) is 0.304. The van der Waals surface area contributed by atoms with Gasteiger partial charge in [-0.15, -0.1) is 11.8 Å². The average molecular weight is 408 g/mol. The molecule has 1 aromatic heterocycles. The zero-order chi connectivity index (χ0) is 20.4. The van der Waals surface area contributed by atoms with Gasteiger partial charge in [0.2, 0.25) is 0 Å². The summed E-state index contributed by atoms with van der Waals surface area (Å²) in [5.41, 5.74) is 4.38. The number of ether oxygens (including phenoxy) is 1. The first kappa shape index (κ1) is 19.7. The maximum atomic E-state index is 13.4. The lowest BCUT2D eigenvalue weighted by atomic mass is 9.99. The van der Waals surface area contributed by atoms with Crippen molar-refractivity contribution in [2.24, 2.45) is 0 Å². The molecule has 2 aliphatic heterocycles. The zero-order valence-corrected chi connectivity index (χ0v) is 17.5. The van der Waals surface area contributed by atoms with Crippen LogP contribution in [-0.4, -0.2) is 46.9 Å². The van der Waals surface area contributed by atoms with Gasteiger partial charge >= 0.3 is 0 Å². The predicted octanol–water partition coefficient (Wildman–Crippen LogP) is 4.63. The van der Waals surface area contributed by atoms with Gasteiger partial charge in [-0.1, -0.05) is 50.4 Å². The van der Waals surface area contributed by atoms with Crippen LogP contribution in [-0.2, 0) is 4.74 Å². The van der Waals surface area contributed by atoms with E-state index in [1.54, 1.807) is 11.8 Å². The summed E-state index contributed by atoms with van der Waals surface area (Å²) in [6.07, 6.45) is 4.61. The molecular formula is C23H25N3O2S. The Morgan fingerprint density at radius 2 is 1.97 bits per heavy atom. The maximum absolute atomic E-state index is 13.4. The van der Waals surface area contributed by atoms with Crippen molar-refractivity contribution in [1.82, 2.24) is 14.7 Å². The molecule has 4 rings (SSSR count). The van der Waals surface area contributed by atoms with Gasteiger partial charge in [-0.25, -0.2) is 4.68 Å². The van der Waals surface area contributed by atoms with Crippen molar-refractivity contribution in [1.29, 1.82) is 0 Å². The van der Waals surface area contributed by atoms with E-state index in [4.69, 9.17) is 9.84 Å². The molecule has 0 radical (unpaired) electrons. The Bertz CT molecular complexity index is 972. The van der Waals surface area contributed by atoms with Crippen molar-refractivity contribution < 1.29 is 9.53 Å². The van der Waals surface area contributed by atoms with Crippen LogP contribution in [0.25, 0.3) is 11.3 Å². The Morgan fingerprint density at radius 1 is 1.24 bits per heavy atom. The first-order valence-corrected chi connectivity index (χ1v) is 10.8. The monoisotopic (exact) mass is 407 g/mol. The van der Waals surface area contributed by atoms with Gasteiger partial charge in [0.15, 0.2) is 5.69 Å². The normalized spacial score (nSPS) is 19.1. The molecule has 1 fully saturated rings. The van der Waals surface area contributed by atoms with Gasteiger partial charge in [-0.3, -0.25) is 4.79 Å². The van der Waals surface area contributed by atoms with E-state index >= 15 is 0 Å². The molecular weight excluding hydrogens is 382 g/mol. The Labute approximate surface area is 175 Å². The Hall–Kier alpha value is -2.57. The number of hydrogen-bond acceptors (Lipinski definition) is 4. The van der Waals surface area contributed by atoms with Crippen molar-refractivity contribution in [2.45, 2.75) is 18.6 Å². The van der Waals surface area contributed by atoms with Crippen LogP contribution in [0.15, 0.2) is 60.5 Å². The summed E-state index contributed by atoms with van der Waals surface area (Å²) in [5.74, 6) is -0.0243. The summed E-state index contributed by atoms with van der Waals surface area (Å²) < 4.78 is 7.32. The molecule has 0 bridgehead atoms. The van der Waals surface area contributed by atoms with Crippen LogP contribution in [0.3, 0.4) is 0 Å². The minimum absolute atomic E-state index is 0.0243. The number of fused-ring (bicyclic) bond motifs is 1. The van der Waals surface area contributed by atoms with Gasteiger partial charge < -0.3 is 9.64 Å². The quantitative estimate of drug-likeness (QED) is 0.725.